The number of rotatable bonds is 3. The molecular weight excluding hydrogens is 358 g/mol. The van der Waals surface area contributed by atoms with E-state index in [4.69, 9.17) is 9.47 Å². The van der Waals surface area contributed by atoms with Crippen molar-refractivity contribution in [1.29, 1.82) is 0 Å². The summed E-state index contributed by atoms with van der Waals surface area (Å²) in [6.07, 6.45) is 0.221. The number of carbonyl (C=O) groups is 2. The quantitative estimate of drug-likeness (QED) is 0.759. The first-order valence-corrected chi connectivity index (χ1v) is 9.51. The molecule has 0 aliphatic carbocycles. The Morgan fingerprint density at radius 2 is 1.57 bits per heavy atom. The van der Waals surface area contributed by atoms with Crippen molar-refractivity contribution in [2.45, 2.75) is 12.5 Å². The Hall–Kier alpha value is -3.06. The number of nitrogens with zero attached hydrogens (tertiary/aromatic N) is 3. The maximum atomic E-state index is 13.0. The van der Waals surface area contributed by atoms with Crippen LogP contribution in [0.5, 0.6) is 11.5 Å². The van der Waals surface area contributed by atoms with Gasteiger partial charge < -0.3 is 14.4 Å². The molecule has 28 heavy (non-hydrogen) atoms. The molecule has 0 spiro atoms. The first kappa shape index (κ1) is 17.1. The van der Waals surface area contributed by atoms with Crippen molar-refractivity contribution in [3.8, 4) is 11.5 Å². The maximum absolute atomic E-state index is 13.0. The molecular formula is C21H21N3O4. The van der Waals surface area contributed by atoms with Gasteiger partial charge in [0.15, 0.2) is 11.5 Å². The number of imide groups is 1. The van der Waals surface area contributed by atoms with Crippen molar-refractivity contribution in [2.75, 3.05) is 42.8 Å². The van der Waals surface area contributed by atoms with E-state index >= 15 is 0 Å². The summed E-state index contributed by atoms with van der Waals surface area (Å²) in [6, 6.07) is 15.1. The molecule has 1 atom stereocenters. The Balaban J connectivity index is 1.29. The molecule has 2 aromatic carbocycles. The predicted octanol–water partition coefficient (Wildman–Crippen LogP) is 1.87. The number of amides is 2. The highest BCUT2D eigenvalue weighted by molar-refractivity contribution is 6.22. The first-order valence-electron chi connectivity index (χ1n) is 9.51. The van der Waals surface area contributed by atoms with Crippen LogP contribution in [0.3, 0.4) is 0 Å². The van der Waals surface area contributed by atoms with Crippen molar-refractivity contribution >= 4 is 23.2 Å². The zero-order valence-electron chi connectivity index (χ0n) is 15.4. The number of benzene rings is 2. The van der Waals surface area contributed by atoms with E-state index in [1.165, 1.54) is 10.6 Å². The maximum Gasteiger partial charge on any atom is 0.251 e. The molecule has 3 aliphatic rings. The van der Waals surface area contributed by atoms with Gasteiger partial charge in [-0.05, 0) is 24.3 Å². The molecule has 0 radical (unpaired) electrons. The number of ether oxygens (including phenoxy) is 2. The van der Waals surface area contributed by atoms with Crippen LogP contribution in [0.25, 0.3) is 0 Å². The van der Waals surface area contributed by atoms with Gasteiger partial charge in [-0.3, -0.25) is 14.5 Å². The molecule has 7 nitrogen and oxygen atoms in total. The van der Waals surface area contributed by atoms with E-state index in [1.807, 2.05) is 18.2 Å². The van der Waals surface area contributed by atoms with Gasteiger partial charge >= 0.3 is 0 Å². The smallest absolute Gasteiger partial charge is 0.251 e. The van der Waals surface area contributed by atoms with Gasteiger partial charge in [-0.25, -0.2) is 4.90 Å². The number of piperazine rings is 1. The first-order chi connectivity index (χ1) is 13.7. The second-order valence-electron chi connectivity index (χ2n) is 7.18. The molecule has 144 valence electrons. The molecule has 0 aromatic heterocycles. The van der Waals surface area contributed by atoms with Gasteiger partial charge in [-0.2, -0.15) is 0 Å². The zero-order chi connectivity index (χ0) is 19.1. The lowest BCUT2D eigenvalue weighted by atomic mass is 10.1. The van der Waals surface area contributed by atoms with Crippen LogP contribution in [0.2, 0.25) is 0 Å². The van der Waals surface area contributed by atoms with Crippen LogP contribution in [0.4, 0.5) is 11.4 Å². The zero-order valence-corrected chi connectivity index (χ0v) is 15.4. The second-order valence-corrected chi connectivity index (χ2v) is 7.18. The minimum absolute atomic E-state index is 0.156. The monoisotopic (exact) mass is 379 g/mol. The summed E-state index contributed by atoms with van der Waals surface area (Å²) in [5, 5.41) is 0. The number of para-hydroxylation sites is 1. The van der Waals surface area contributed by atoms with Gasteiger partial charge in [0.25, 0.3) is 5.91 Å². The number of fused-ring (bicyclic) bond motifs is 1. The van der Waals surface area contributed by atoms with E-state index in [1.54, 1.807) is 18.2 Å². The third-order valence-corrected chi connectivity index (χ3v) is 5.61. The molecule has 2 fully saturated rings. The summed E-state index contributed by atoms with van der Waals surface area (Å²) in [4.78, 5) is 31.4. The SMILES string of the molecule is O=C1C[C@@H](N2CCN(c3ccccc3)CC2)C(=O)N1c1ccc2c(c1)OCO2. The van der Waals surface area contributed by atoms with E-state index in [0.29, 0.717) is 17.2 Å². The number of carbonyl (C=O) groups excluding carboxylic acids is 2. The van der Waals surface area contributed by atoms with E-state index in [2.05, 4.69) is 21.9 Å². The minimum atomic E-state index is -0.393. The molecule has 3 heterocycles. The normalized spacial score (nSPS) is 22.2. The molecule has 0 N–H and O–H groups in total. The van der Waals surface area contributed by atoms with Crippen LogP contribution in [0.15, 0.2) is 48.5 Å². The summed E-state index contributed by atoms with van der Waals surface area (Å²) in [5.74, 6) is 0.880. The molecule has 0 saturated carbocycles. The second kappa shape index (κ2) is 6.83. The number of anilines is 2. The molecule has 0 bridgehead atoms. The molecule has 5 rings (SSSR count). The largest absolute Gasteiger partial charge is 0.454 e. The fraction of sp³-hybridized carbons (Fsp3) is 0.333. The minimum Gasteiger partial charge on any atom is -0.454 e. The number of hydrogen-bond acceptors (Lipinski definition) is 6. The summed E-state index contributed by atoms with van der Waals surface area (Å²) >= 11 is 0. The van der Waals surface area contributed by atoms with Crippen LogP contribution in [0.1, 0.15) is 6.42 Å². The fourth-order valence-corrected chi connectivity index (χ4v) is 4.13. The van der Waals surface area contributed by atoms with Gasteiger partial charge in [-0.1, -0.05) is 18.2 Å². The molecule has 2 amide bonds. The Morgan fingerprint density at radius 3 is 2.36 bits per heavy atom. The molecule has 7 heteroatoms. The fourth-order valence-electron chi connectivity index (χ4n) is 4.13. The van der Waals surface area contributed by atoms with Gasteiger partial charge in [0.2, 0.25) is 12.7 Å². The van der Waals surface area contributed by atoms with Gasteiger partial charge in [-0.15, -0.1) is 0 Å². The van der Waals surface area contributed by atoms with E-state index < -0.39 is 6.04 Å². The average molecular weight is 379 g/mol. The molecule has 2 saturated heterocycles. The van der Waals surface area contributed by atoms with Crippen molar-refractivity contribution in [3.63, 3.8) is 0 Å². The van der Waals surface area contributed by atoms with Crippen molar-refractivity contribution < 1.29 is 19.1 Å². The van der Waals surface area contributed by atoms with Crippen LogP contribution < -0.4 is 19.3 Å². The van der Waals surface area contributed by atoms with Gasteiger partial charge in [0.05, 0.1) is 18.2 Å². The highest BCUT2D eigenvalue weighted by Crippen LogP contribution is 2.37. The summed E-state index contributed by atoms with van der Waals surface area (Å²) in [6.45, 7) is 3.36. The standard InChI is InChI=1S/C21H21N3O4/c25-20-13-17(23-10-8-22(9-11-23)15-4-2-1-3-5-15)21(26)24(20)16-6-7-18-19(12-16)28-14-27-18/h1-7,12,17H,8-11,13-14H2/t17-/m1/s1. The van der Waals surface area contributed by atoms with E-state index in [-0.39, 0.29) is 25.0 Å². The Labute approximate surface area is 163 Å². The summed E-state index contributed by atoms with van der Waals surface area (Å²) in [7, 11) is 0. The lowest BCUT2D eigenvalue weighted by molar-refractivity contribution is -0.123. The van der Waals surface area contributed by atoms with Crippen molar-refractivity contribution in [2.24, 2.45) is 0 Å². The van der Waals surface area contributed by atoms with Crippen LogP contribution in [-0.2, 0) is 9.59 Å². The predicted molar refractivity (Wildman–Crippen MR) is 104 cm³/mol. The highest BCUT2D eigenvalue weighted by atomic mass is 16.7. The topological polar surface area (TPSA) is 62.3 Å². The third kappa shape index (κ3) is 2.88. The van der Waals surface area contributed by atoms with Gasteiger partial charge in [0, 0.05) is 37.9 Å². The lowest BCUT2D eigenvalue weighted by Gasteiger charge is -2.38. The van der Waals surface area contributed by atoms with E-state index in [9.17, 15) is 9.59 Å². The van der Waals surface area contributed by atoms with Crippen LogP contribution in [-0.4, -0.2) is 55.7 Å². The third-order valence-electron chi connectivity index (χ3n) is 5.61. The van der Waals surface area contributed by atoms with Crippen molar-refractivity contribution in [3.05, 3.63) is 48.5 Å². The molecule has 2 aromatic rings. The highest BCUT2D eigenvalue weighted by Gasteiger charge is 2.43. The van der Waals surface area contributed by atoms with Crippen LogP contribution >= 0.6 is 0 Å². The molecule has 0 unspecified atom stereocenters. The summed E-state index contributed by atoms with van der Waals surface area (Å²) < 4.78 is 10.7. The van der Waals surface area contributed by atoms with E-state index in [0.717, 1.165) is 26.2 Å². The Bertz CT molecular complexity index is 909. The summed E-state index contributed by atoms with van der Waals surface area (Å²) in [5.41, 5.74) is 1.74. The Morgan fingerprint density at radius 1 is 0.821 bits per heavy atom. The van der Waals surface area contributed by atoms with Crippen LogP contribution in [0, 0.1) is 0 Å². The Kier molecular flexibility index (Phi) is 4.16. The number of hydrogen-bond donors (Lipinski definition) is 0. The van der Waals surface area contributed by atoms with Crippen molar-refractivity contribution in [1.82, 2.24) is 4.90 Å². The average Bonchev–Trinajstić information content (AvgIpc) is 3.32. The molecule has 3 aliphatic heterocycles. The van der Waals surface area contributed by atoms with Gasteiger partial charge in [0.1, 0.15) is 0 Å². The lowest BCUT2D eigenvalue weighted by Crippen LogP contribution is -2.52.